The van der Waals surface area contributed by atoms with Gasteiger partial charge >= 0.3 is 0 Å². The molecule has 0 atom stereocenters. The van der Waals surface area contributed by atoms with Crippen molar-refractivity contribution in [1.29, 1.82) is 0 Å². The number of benzene rings is 3. The summed E-state index contributed by atoms with van der Waals surface area (Å²) in [7, 11) is -1.19. The highest BCUT2D eigenvalue weighted by Gasteiger charge is 2.28. The predicted octanol–water partition coefficient (Wildman–Crippen LogP) is 3.71. The van der Waals surface area contributed by atoms with Crippen molar-refractivity contribution in [1.82, 2.24) is 5.32 Å². The van der Waals surface area contributed by atoms with Crippen LogP contribution in [0.2, 0.25) is 0 Å². The van der Waals surface area contributed by atoms with Gasteiger partial charge in [0.2, 0.25) is 5.91 Å². The third-order valence-electron chi connectivity index (χ3n) is 5.33. The van der Waals surface area contributed by atoms with E-state index in [0.29, 0.717) is 11.4 Å². The number of hydrogen-bond acceptors (Lipinski definition) is 6. The van der Waals surface area contributed by atoms with Crippen molar-refractivity contribution in [3.63, 3.8) is 0 Å². The number of nitrogens with one attached hydrogen (secondary N) is 1. The lowest BCUT2D eigenvalue weighted by Crippen LogP contribution is -2.42. The van der Waals surface area contributed by atoms with Crippen LogP contribution in [0.4, 0.5) is 5.69 Å². The van der Waals surface area contributed by atoms with E-state index in [-0.39, 0.29) is 23.8 Å². The van der Waals surface area contributed by atoms with Crippen LogP contribution in [0.25, 0.3) is 0 Å². The number of amides is 1. The summed E-state index contributed by atoms with van der Waals surface area (Å²) < 4.78 is 44.4. The van der Waals surface area contributed by atoms with Crippen molar-refractivity contribution in [2.24, 2.45) is 0 Å². The molecule has 0 aromatic heterocycles. The zero-order valence-electron chi connectivity index (χ0n) is 20.3. The molecule has 1 N–H and O–H groups in total. The normalized spacial score (nSPS) is 11.0. The molecule has 3 aromatic carbocycles. The van der Waals surface area contributed by atoms with Gasteiger partial charge in [-0.3, -0.25) is 9.10 Å². The van der Waals surface area contributed by atoms with Gasteiger partial charge in [-0.25, -0.2) is 8.42 Å². The summed E-state index contributed by atoms with van der Waals surface area (Å²) in [5, 5.41) is 2.73. The summed E-state index contributed by atoms with van der Waals surface area (Å²) in [4.78, 5) is 12.7. The number of anilines is 1. The van der Waals surface area contributed by atoms with Crippen LogP contribution >= 0.6 is 0 Å². The van der Waals surface area contributed by atoms with Crippen LogP contribution in [-0.4, -0.2) is 48.2 Å². The van der Waals surface area contributed by atoms with E-state index in [1.807, 2.05) is 38.1 Å². The molecule has 3 rings (SSSR count). The Morgan fingerprint density at radius 2 is 1.57 bits per heavy atom. The van der Waals surface area contributed by atoms with Crippen LogP contribution in [0.15, 0.2) is 71.6 Å². The van der Waals surface area contributed by atoms with Crippen molar-refractivity contribution < 1.29 is 27.4 Å². The van der Waals surface area contributed by atoms with Crippen LogP contribution < -0.4 is 23.8 Å². The van der Waals surface area contributed by atoms with Crippen LogP contribution in [0.5, 0.6) is 17.2 Å². The highest BCUT2D eigenvalue weighted by atomic mass is 32.2. The molecule has 0 radical (unpaired) electrons. The molecule has 9 heteroatoms. The molecule has 186 valence electrons. The summed E-state index contributed by atoms with van der Waals surface area (Å²) in [5.41, 5.74) is 2.33. The number of carbonyl (C=O) groups excluding carboxylic acids is 1. The van der Waals surface area contributed by atoms with E-state index in [0.717, 1.165) is 21.2 Å². The minimum atomic E-state index is -4.09. The summed E-state index contributed by atoms with van der Waals surface area (Å²) in [5.74, 6) is 0.956. The second kappa shape index (κ2) is 11.6. The number of nitrogens with zero attached hydrogens (tertiary/aromatic N) is 1. The van der Waals surface area contributed by atoms with Crippen molar-refractivity contribution >= 4 is 21.6 Å². The van der Waals surface area contributed by atoms with Crippen LogP contribution in [-0.2, 0) is 14.8 Å². The Morgan fingerprint density at radius 1 is 0.886 bits per heavy atom. The summed E-state index contributed by atoms with van der Waals surface area (Å²) >= 11 is 0. The second-order valence-corrected chi connectivity index (χ2v) is 9.69. The maximum Gasteiger partial charge on any atom is 0.264 e. The van der Waals surface area contributed by atoms with Gasteiger partial charge in [-0.05, 0) is 49.7 Å². The smallest absolute Gasteiger partial charge is 0.264 e. The van der Waals surface area contributed by atoms with E-state index in [1.54, 1.807) is 24.3 Å². The van der Waals surface area contributed by atoms with E-state index >= 15 is 0 Å². The fourth-order valence-corrected chi connectivity index (χ4v) is 4.82. The molecule has 0 unspecified atom stereocenters. The van der Waals surface area contributed by atoms with Gasteiger partial charge in [-0.2, -0.15) is 0 Å². The zero-order chi connectivity index (χ0) is 25.4. The van der Waals surface area contributed by atoms with Crippen molar-refractivity contribution in [2.75, 3.05) is 38.2 Å². The standard InChI is InChI=1S/C26H30N2O6S/c1-19-9-11-21(12-10-19)28(35(30,31)22-13-14-24(32-3)25(17-22)33-4)18-26(29)27-15-16-34-23-8-6-5-7-20(23)2/h5-14,17H,15-16,18H2,1-4H3,(H,27,29). The van der Waals surface area contributed by atoms with E-state index in [4.69, 9.17) is 14.2 Å². The Hall–Kier alpha value is -3.72. The maximum absolute atomic E-state index is 13.6. The van der Waals surface area contributed by atoms with Gasteiger partial charge in [0.05, 0.1) is 31.3 Å². The molecule has 35 heavy (non-hydrogen) atoms. The highest BCUT2D eigenvalue weighted by molar-refractivity contribution is 7.92. The molecular weight excluding hydrogens is 468 g/mol. The van der Waals surface area contributed by atoms with Crippen molar-refractivity contribution in [3.8, 4) is 17.2 Å². The second-order valence-electron chi connectivity index (χ2n) is 7.83. The first-order valence-electron chi connectivity index (χ1n) is 11.0. The molecule has 1 amide bonds. The molecule has 0 aliphatic rings. The van der Waals surface area contributed by atoms with Gasteiger partial charge in [-0.15, -0.1) is 0 Å². The fourth-order valence-electron chi connectivity index (χ4n) is 3.39. The van der Waals surface area contributed by atoms with Crippen LogP contribution in [0.3, 0.4) is 0 Å². The number of methoxy groups -OCH3 is 2. The molecular formula is C26H30N2O6S. The Kier molecular flexibility index (Phi) is 8.59. The molecule has 3 aromatic rings. The molecule has 0 fully saturated rings. The number of hydrogen-bond donors (Lipinski definition) is 1. The third-order valence-corrected chi connectivity index (χ3v) is 7.10. The Morgan fingerprint density at radius 3 is 2.23 bits per heavy atom. The summed E-state index contributed by atoms with van der Waals surface area (Å²) in [6.07, 6.45) is 0. The molecule has 0 saturated carbocycles. The van der Waals surface area contributed by atoms with Gasteiger partial charge in [0.25, 0.3) is 10.0 Å². The molecule has 0 saturated heterocycles. The van der Waals surface area contributed by atoms with E-state index in [2.05, 4.69) is 5.32 Å². The minimum absolute atomic E-state index is 0.0218. The number of sulfonamides is 1. The van der Waals surface area contributed by atoms with E-state index in [9.17, 15) is 13.2 Å². The number of rotatable bonds is 11. The van der Waals surface area contributed by atoms with E-state index in [1.165, 1.54) is 32.4 Å². The third kappa shape index (κ3) is 6.45. The molecule has 0 aliphatic heterocycles. The molecule has 0 spiro atoms. The predicted molar refractivity (Wildman–Crippen MR) is 135 cm³/mol. The lowest BCUT2D eigenvalue weighted by Gasteiger charge is -2.24. The first kappa shape index (κ1) is 25.9. The Balaban J connectivity index is 1.78. The zero-order valence-corrected chi connectivity index (χ0v) is 21.1. The maximum atomic E-state index is 13.6. The first-order valence-corrected chi connectivity index (χ1v) is 12.5. The van der Waals surface area contributed by atoms with Gasteiger partial charge in [0.1, 0.15) is 18.9 Å². The molecule has 0 bridgehead atoms. The van der Waals surface area contributed by atoms with Crippen LogP contribution in [0, 0.1) is 13.8 Å². The molecule has 0 heterocycles. The first-order chi connectivity index (χ1) is 16.8. The minimum Gasteiger partial charge on any atom is -0.493 e. The SMILES string of the molecule is COc1ccc(S(=O)(=O)N(CC(=O)NCCOc2ccccc2C)c2ccc(C)cc2)cc1OC. The van der Waals surface area contributed by atoms with E-state index < -0.39 is 22.5 Å². The Labute approximate surface area is 206 Å². The quantitative estimate of drug-likeness (QED) is 0.405. The van der Waals surface area contributed by atoms with Gasteiger partial charge in [-0.1, -0.05) is 35.9 Å². The average molecular weight is 499 g/mol. The monoisotopic (exact) mass is 498 g/mol. The number of ether oxygens (including phenoxy) is 3. The summed E-state index contributed by atoms with van der Waals surface area (Å²) in [6.45, 7) is 3.92. The highest BCUT2D eigenvalue weighted by Crippen LogP contribution is 2.32. The van der Waals surface area contributed by atoms with Crippen molar-refractivity contribution in [2.45, 2.75) is 18.7 Å². The van der Waals surface area contributed by atoms with Crippen molar-refractivity contribution in [3.05, 3.63) is 77.9 Å². The van der Waals surface area contributed by atoms with Gasteiger partial charge in [0, 0.05) is 6.07 Å². The average Bonchev–Trinajstić information content (AvgIpc) is 2.86. The topological polar surface area (TPSA) is 94.2 Å². The molecule has 8 nitrogen and oxygen atoms in total. The van der Waals surface area contributed by atoms with Crippen LogP contribution in [0.1, 0.15) is 11.1 Å². The fraction of sp³-hybridized carbons (Fsp3) is 0.269. The van der Waals surface area contributed by atoms with Gasteiger partial charge in [0.15, 0.2) is 11.5 Å². The Bertz CT molecular complexity index is 1260. The molecule has 0 aliphatic carbocycles. The lowest BCUT2D eigenvalue weighted by atomic mass is 10.2. The number of para-hydroxylation sites is 1. The summed E-state index contributed by atoms with van der Waals surface area (Å²) in [6, 6.07) is 18.8. The number of aryl methyl sites for hydroxylation is 2. The number of carbonyl (C=O) groups is 1. The lowest BCUT2D eigenvalue weighted by molar-refractivity contribution is -0.119. The van der Waals surface area contributed by atoms with Gasteiger partial charge < -0.3 is 19.5 Å². The largest absolute Gasteiger partial charge is 0.493 e.